The topological polar surface area (TPSA) is 118 Å². The Labute approximate surface area is 219 Å². The maximum Gasteiger partial charge on any atom is 0.275 e. The molecule has 1 amide bonds. The van der Waals surface area contributed by atoms with E-state index in [1.54, 1.807) is 22.5 Å². The molecule has 2 aliphatic heterocycles. The van der Waals surface area contributed by atoms with Crippen LogP contribution < -0.4 is 10.6 Å². The van der Waals surface area contributed by atoms with E-state index in [1.165, 1.54) is 11.3 Å². The lowest BCUT2D eigenvalue weighted by atomic mass is 10.1. The summed E-state index contributed by atoms with van der Waals surface area (Å²) in [5.74, 6) is 0.284. The zero-order chi connectivity index (χ0) is 25.6. The van der Waals surface area contributed by atoms with Gasteiger partial charge in [-0.2, -0.15) is 5.10 Å². The highest BCUT2D eigenvalue weighted by molar-refractivity contribution is 7.13. The smallest absolute Gasteiger partial charge is 0.275 e. The van der Waals surface area contributed by atoms with E-state index in [9.17, 15) is 9.59 Å². The highest BCUT2D eigenvalue weighted by atomic mass is 32.1. The Hall–Kier alpha value is -3.19. The summed E-state index contributed by atoms with van der Waals surface area (Å²) in [7, 11) is 2.13. The van der Waals surface area contributed by atoms with E-state index in [1.807, 2.05) is 12.1 Å². The van der Waals surface area contributed by atoms with Gasteiger partial charge in [-0.25, -0.2) is 9.97 Å². The Bertz CT molecular complexity index is 1230. The molecule has 1 fully saturated rings. The van der Waals surface area contributed by atoms with E-state index in [0.717, 1.165) is 38.3 Å². The molecule has 11 nitrogen and oxygen atoms in total. The summed E-state index contributed by atoms with van der Waals surface area (Å²) in [6, 6.07) is 3.77. The Balaban J connectivity index is 1.37. The van der Waals surface area contributed by atoms with E-state index >= 15 is 0 Å². The number of likely N-dealkylation sites (N-methyl/N-ethyl adjacent to an activating group) is 1. The minimum absolute atomic E-state index is 0.0628. The van der Waals surface area contributed by atoms with Gasteiger partial charge in [0, 0.05) is 69.4 Å². The van der Waals surface area contributed by atoms with Gasteiger partial charge in [-0.05, 0) is 25.6 Å². The standard InChI is InChI=1S/C25H32N8O3S/c1-31-7-9-32(10-8-31)11-12-33-23-19(16-28-33)29-24(35)20-17-37-25(30-20)18-4-5-26-22(15-18)27-6-14-36-13-2-3-21(23)34/h4-5,15-17H,2-3,6-14H2,1H3,(H,26,27)(H,29,35). The average Bonchev–Trinajstić information content (AvgIpc) is 3.55. The van der Waals surface area contributed by atoms with Gasteiger partial charge in [0.2, 0.25) is 0 Å². The molecule has 5 rings (SSSR count). The van der Waals surface area contributed by atoms with Gasteiger partial charge >= 0.3 is 0 Å². The van der Waals surface area contributed by atoms with Crippen LogP contribution in [0.5, 0.6) is 0 Å². The Morgan fingerprint density at radius 3 is 2.86 bits per heavy atom. The van der Waals surface area contributed by atoms with Gasteiger partial charge in [0.1, 0.15) is 22.2 Å². The maximum absolute atomic E-state index is 13.3. The fraction of sp³-hybridized carbons (Fsp3) is 0.480. The second kappa shape index (κ2) is 11.9. The average molecular weight is 525 g/mol. The number of fused-ring (bicyclic) bond motifs is 6. The molecule has 3 aromatic rings. The molecule has 0 aromatic carbocycles. The van der Waals surface area contributed by atoms with E-state index < -0.39 is 0 Å². The van der Waals surface area contributed by atoms with Gasteiger partial charge in [-0.3, -0.25) is 19.2 Å². The second-order valence-electron chi connectivity index (χ2n) is 9.26. The number of piperazine rings is 1. The van der Waals surface area contributed by atoms with Crippen LogP contribution in [0.3, 0.4) is 0 Å². The molecule has 196 valence electrons. The molecule has 37 heavy (non-hydrogen) atoms. The molecule has 0 radical (unpaired) electrons. The number of carbonyl (C=O) groups excluding carboxylic acids is 2. The highest BCUT2D eigenvalue weighted by Crippen LogP contribution is 2.26. The summed E-state index contributed by atoms with van der Waals surface area (Å²) in [6.45, 7) is 6.97. The van der Waals surface area contributed by atoms with Crippen LogP contribution in [0.2, 0.25) is 0 Å². The van der Waals surface area contributed by atoms with Gasteiger partial charge in [-0.1, -0.05) is 0 Å². The van der Waals surface area contributed by atoms with Crippen molar-refractivity contribution in [3.63, 3.8) is 0 Å². The molecule has 2 N–H and O–H groups in total. The largest absolute Gasteiger partial charge is 0.380 e. The lowest BCUT2D eigenvalue weighted by molar-refractivity contribution is 0.0933. The van der Waals surface area contributed by atoms with Crippen molar-refractivity contribution in [2.24, 2.45) is 0 Å². The fourth-order valence-electron chi connectivity index (χ4n) is 4.41. The molecule has 0 unspecified atom stereocenters. The molecule has 3 aromatic heterocycles. The van der Waals surface area contributed by atoms with Gasteiger partial charge in [0.25, 0.3) is 5.91 Å². The lowest BCUT2D eigenvalue weighted by Crippen LogP contribution is -2.45. The third kappa shape index (κ3) is 6.39. The number of ketones is 1. The minimum atomic E-state index is -0.368. The van der Waals surface area contributed by atoms with Crippen LogP contribution >= 0.6 is 11.3 Å². The van der Waals surface area contributed by atoms with Crippen LogP contribution in [0.4, 0.5) is 11.5 Å². The number of anilines is 2. The van der Waals surface area contributed by atoms with Crippen molar-refractivity contribution in [1.29, 1.82) is 0 Å². The SMILES string of the molecule is CN1CCN(CCn2ncc3c2C(=O)CCCOCCNc2cc(ccn2)-c2nc(cs2)C(=O)N3)CC1. The number of amides is 1. The van der Waals surface area contributed by atoms with Crippen molar-refractivity contribution in [2.45, 2.75) is 19.4 Å². The quantitative estimate of drug-likeness (QED) is 0.532. The minimum Gasteiger partial charge on any atom is -0.380 e. The predicted molar refractivity (Wildman–Crippen MR) is 142 cm³/mol. The summed E-state index contributed by atoms with van der Waals surface area (Å²) in [5.41, 5.74) is 2.01. The van der Waals surface area contributed by atoms with Crippen LogP contribution in [0.1, 0.15) is 33.8 Å². The third-order valence-corrected chi connectivity index (χ3v) is 7.46. The van der Waals surface area contributed by atoms with Crippen molar-refractivity contribution in [1.82, 2.24) is 29.5 Å². The van der Waals surface area contributed by atoms with Gasteiger partial charge in [0.05, 0.1) is 25.0 Å². The van der Waals surface area contributed by atoms with Gasteiger partial charge < -0.3 is 20.3 Å². The van der Waals surface area contributed by atoms with E-state index in [4.69, 9.17) is 4.74 Å². The first-order chi connectivity index (χ1) is 18.1. The number of hydrogen-bond acceptors (Lipinski definition) is 10. The summed E-state index contributed by atoms with van der Waals surface area (Å²) in [6.07, 6.45) is 4.17. The van der Waals surface area contributed by atoms with Crippen LogP contribution in [0.15, 0.2) is 29.9 Å². The first-order valence-corrected chi connectivity index (χ1v) is 13.5. The third-order valence-electron chi connectivity index (χ3n) is 6.56. The van der Waals surface area contributed by atoms with Crippen molar-refractivity contribution in [2.75, 3.05) is 70.2 Å². The number of carbonyl (C=O) groups is 2. The van der Waals surface area contributed by atoms with E-state index in [-0.39, 0.29) is 11.7 Å². The van der Waals surface area contributed by atoms with Crippen LogP contribution in [-0.2, 0) is 11.3 Å². The van der Waals surface area contributed by atoms with Crippen LogP contribution in [0.25, 0.3) is 10.6 Å². The highest BCUT2D eigenvalue weighted by Gasteiger charge is 2.23. The van der Waals surface area contributed by atoms with Crippen LogP contribution in [0, 0.1) is 0 Å². The predicted octanol–water partition coefficient (Wildman–Crippen LogP) is 2.31. The number of ether oxygens (including phenoxy) is 1. The van der Waals surface area contributed by atoms with Crippen molar-refractivity contribution < 1.29 is 14.3 Å². The van der Waals surface area contributed by atoms with Crippen molar-refractivity contribution in [3.8, 4) is 10.6 Å². The first-order valence-electron chi connectivity index (χ1n) is 12.6. The van der Waals surface area contributed by atoms with Crippen molar-refractivity contribution in [3.05, 3.63) is 41.3 Å². The number of nitrogens with zero attached hydrogens (tertiary/aromatic N) is 6. The fourth-order valence-corrected chi connectivity index (χ4v) is 5.21. The first kappa shape index (κ1) is 25.5. The molecular weight excluding hydrogens is 492 g/mol. The molecule has 4 bridgehead atoms. The van der Waals surface area contributed by atoms with E-state index in [2.05, 4.69) is 42.5 Å². The molecular formula is C25H32N8O3S. The molecule has 2 aliphatic rings. The molecule has 12 heteroatoms. The lowest BCUT2D eigenvalue weighted by Gasteiger charge is -2.32. The number of hydrogen-bond donors (Lipinski definition) is 2. The Morgan fingerprint density at radius 2 is 2.00 bits per heavy atom. The molecule has 0 atom stereocenters. The number of rotatable bonds is 3. The summed E-state index contributed by atoms with van der Waals surface area (Å²) >= 11 is 1.38. The number of nitrogens with one attached hydrogen (secondary N) is 2. The number of thiazole rings is 1. The van der Waals surface area contributed by atoms with Gasteiger partial charge in [0.15, 0.2) is 5.78 Å². The summed E-state index contributed by atoms with van der Waals surface area (Å²) in [5, 5.41) is 13.0. The zero-order valence-corrected chi connectivity index (χ0v) is 21.8. The number of pyridine rings is 1. The van der Waals surface area contributed by atoms with Crippen molar-refractivity contribution >= 4 is 34.5 Å². The second-order valence-corrected chi connectivity index (χ2v) is 10.1. The molecule has 5 heterocycles. The molecule has 1 saturated heterocycles. The summed E-state index contributed by atoms with van der Waals surface area (Å²) < 4.78 is 7.45. The molecule has 0 spiro atoms. The zero-order valence-electron chi connectivity index (χ0n) is 21.0. The Kier molecular flexibility index (Phi) is 8.19. The van der Waals surface area contributed by atoms with Crippen LogP contribution in [-0.4, -0.2) is 101 Å². The van der Waals surface area contributed by atoms with E-state index in [0.29, 0.717) is 67.0 Å². The van der Waals surface area contributed by atoms with Gasteiger partial charge in [-0.15, -0.1) is 11.3 Å². The molecule has 0 saturated carbocycles. The number of Topliss-reactive ketones (excluding diaryl/α,β-unsaturated/α-hetero) is 1. The maximum atomic E-state index is 13.3. The summed E-state index contributed by atoms with van der Waals surface area (Å²) in [4.78, 5) is 40.0. The monoisotopic (exact) mass is 524 g/mol. The Morgan fingerprint density at radius 1 is 1.14 bits per heavy atom. The molecule has 0 aliphatic carbocycles. The normalized spacial score (nSPS) is 18.4. The number of aromatic nitrogens is 4.